The van der Waals surface area contributed by atoms with Gasteiger partial charge in [-0.3, -0.25) is 9.59 Å². The number of nitrogens with one attached hydrogen (secondary N) is 1. The van der Waals surface area contributed by atoms with Crippen molar-refractivity contribution in [2.45, 2.75) is 51.1 Å². The summed E-state index contributed by atoms with van der Waals surface area (Å²) in [5, 5.41) is 2.85. The van der Waals surface area contributed by atoms with Crippen molar-refractivity contribution in [3.8, 4) is 5.75 Å². The van der Waals surface area contributed by atoms with Gasteiger partial charge in [0.05, 0.1) is 11.5 Å². The van der Waals surface area contributed by atoms with Crippen LogP contribution in [0.3, 0.4) is 0 Å². The fraction of sp³-hybridized carbons (Fsp3) is 0.440. The van der Waals surface area contributed by atoms with Gasteiger partial charge < -0.3 is 15.0 Å². The van der Waals surface area contributed by atoms with E-state index in [4.69, 9.17) is 4.74 Å². The molecule has 9 heteroatoms. The second-order valence-corrected chi connectivity index (χ2v) is 10.5. The third kappa shape index (κ3) is 5.95. The number of rotatable bonds is 8. The van der Waals surface area contributed by atoms with Gasteiger partial charge in [-0.15, -0.1) is 0 Å². The van der Waals surface area contributed by atoms with Crippen molar-refractivity contribution in [3.63, 3.8) is 0 Å². The standard InChI is InChI=1S/C25H33N3O5S/c1-5-33-22-10-12-23(13-11-22)34(31,32)28-15-14-27(19(4)29)17-24(28)25(30)26-16-20-6-8-21(9-7-20)18(2)3/h6-13,18,24H,5,14-17H2,1-4H3,(H,26,30)/t24-/m1/s1. The van der Waals surface area contributed by atoms with Gasteiger partial charge in [-0.1, -0.05) is 38.1 Å². The molecule has 1 saturated heterocycles. The van der Waals surface area contributed by atoms with Gasteiger partial charge in [-0.25, -0.2) is 8.42 Å². The molecule has 0 unspecified atom stereocenters. The highest BCUT2D eigenvalue weighted by molar-refractivity contribution is 7.89. The Morgan fingerprint density at radius 1 is 1.06 bits per heavy atom. The molecule has 2 aromatic carbocycles. The van der Waals surface area contributed by atoms with Crippen molar-refractivity contribution in [1.29, 1.82) is 0 Å². The summed E-state index contributed by atoms with van der Waals surface area (Å²) in [5.74, 6) is 0.346. The molecule has 1 fully saturated rings. The summed E-state index contributed by atoms with van der Waals surface area (Å²) in [4.78, 5) is 26.7. The maximum atomic E-state index is 13.4. The zero-order valence-corrected chi connectivity index (χ0v) is 21.0. The number of carbonyl (C=O) groups is 2. The first-order valence-corrected chi connectivity index (χ1v) is 12.9. The largest absolute Gasteiger partial charge is 0.494 e. The van der Waals surface area contributed by atoms with Gasteiger partial charge in [-0.05, 0) is 48.2 Å². The van der Waals surface area contributed by atoms with Gasteiger partial charge >= 0.3 is 0 Å². The minimum atomic E-state index is -3.96. The normalized spacial score (nSPS) is 17.0. The molecule has 1 heterocycles. The van der Waals surface area contributed by atoms with Crippen molar-refractivity contribution < 1.29 is 22.7 Å². The van der Waals surface area contributed by atoms with Crippen molar-refractivity contribution in [1.82, 2.24) is 14.5 Å². The van der Waals surface area contributed by atoms with Crippen molar-refractivity contribution in [3.05, 3.63) is 59.7 Å². The number of benzene rings is 2. The van der Waals surface area contributed by atoms with E-state index in [1.165, 1.54) is 33.8 Å². The maximum Gasteiger partial charge on any atom is 0.243 e. The first kappa shape index (κ1) is 25.7. The topological polar surface area (TPSA) is 96.0 Å². The average Bonchev–Trinajstić information content (AvgIpc) is 2.83. The van der Waals surface area contributed by atoms with E-state index in [0.717, 1.165) is 5.56 Å². The number of piperazine rings is 1. The quantitative estimate of drug-likeness (QED) is 0.618. The third-order valence-corrected chi connectivity index (χ3v) is 7.86. The fourth-order valence-corrected chi connectivity index (χ4v) is 5.46. The molecule has 0 aliphatic carbocycles. The van der Waals surface area contributed by atoms with Crippen LogP contribution < -0.4 is 10.1 Å². The number of sulfonamides is 1. The van der Waals surface area contributed by atoms with Crippen LogP contribution in [-0.4, -0.2) is 61.7 Å². The third-order valence-electron chi connectivity index (χ3n) is 5.93. The van der Waals surface area contributed by atoms with Gasteiger partial charge in [0.1, 0.15) is 11.8 Å². The van der Waals surface area contributed by atoms with Gasteiger partial charge in [0.25, 0.3) is 0 Å². The number of hydrogen-bond donors (Lipinski definition) is 1. The van der Waals surface area contributed by atoms with Gasteiger partial charge in [0.15, 0.2) is 0 Å². The molecule has 0 radical (unpaired) electrons. The predicted molar refractivity (Wildman–Crippen MR) is 130 cm³/mol. The molecule has 0 spiro atoms. The van der Waals surface area contributed by atoms with Crippen molar-refractivity contribution in [2.75, 3.05) is 26.2 Å². The highest BCUT2D eigenvalue weighted by atomic mass is 32.2. The van der Waals surface area contributed by atoms with Crippen molar-refractivity contribution in [2.24, 2.45) is 0 Å². The molecule has 1 atom stereocenters. The van der Waals surface area contributed by atoms with E-state index in [1.54, 1.807) is 12.1 Å². The number of hydrogen-bond acceptors (Lipinski definition) is 5. The second-order valence-electron chi connectivity index (χ2n) is 8.62. The van der Waals surface area contributed by atoms with Gasteiger partial charge in [0.2, 0.25) is 21.8 Å². The van der Waals surface area contributed by atoms with E-state index in [2.05, 4.69) is 19.2 Å². The Hall–Kier alpha value is -2.91. The highest BCUT2D eigenvalue weighted by Crippen LogP contribution is 2.24. The van der Waals surface area contributed by atoms with Crippen LogP contribution in [0.15, 0.2) is 53.4 Å². The van der Waals surface area contributed by atoms with Gasteiger partial charge in [0, 0.05) is 33.1 Å². The number of amides is 2. The molecule has 2 amide bonds. The molecule has 1 aliphatic rings. The Morgan fingerprint density at radius 2 is 1.71 bits per heavy atom. The van der Waals surface area contributed by atoms with Crippen LogP contribution in [-0.2, 0) is 26.2 Å². The van der Waals surface area contributed by atoms with Crippen LogP contribution in [0, 0.1) is 0 Å². The fourth-order valence-electron chi connectivity index (χ4n) is 3.89. The van der Waals surface area contributed by atoms with Crippen LogP contribution in [0.25, 0.3) is 0 Å². The van der Waals surface area contributed by atoms with Crippen LogP contribution in [0.4, 0.5) is 0 Å². The smallest absolute Gasteiger partial charge is 0.243 e. The van der Waals surface area contributed by atoms with E-state index in [9.17, 15) is 18.0 Å². The van der Waals surface area contributed by atoms with Crippen LogP contribution >= 0.6 is 0 Å². The molecule has 1 N–H and O–H groups in total. The Balaban J connectivity index is 1.79. The molecule has 184 valence electrons. The first-order valence-electron chi connectivity index (χ1n) is 11.5. The molecule has 1 aliphatic heterocycles. The SMILES string of the molecule is CCOc1ccc(S(=O)(=O)N2CCN(C(C)=O)C[C@@H]2C(=O)NCc2ccc(C(C)C)cc2)cc1. The van der Waals surface area contributed by atoms with Crippen LogP contribution in [0.5, 0.6) is 5.75 Å². The lowest BCUT2D eigenvalue weighted by molar-refractivity contribution is -0.134. The van der Waals surface area contributed by atoms with E-state index < -0.39 is 22.0 Å². The number of ether oxygens (including phenoxy) is 1. The molecular formula is C25H33N3O5S. The Labute approximate surface area is 201 Å². The summed E-state index contributed by atoms with van der Waals surface area (Å²) < 4.78 is 33.4. The first-order chi connectivity index (χ1) is 16.1. The van der Waals surface area contributed by atoms with E-state index in [-0.39, 0.29) is 37.0 Å². The minimum absolute atomic E-state index is 0.00368. The molecule has 3 rings (SSSR count). The lowest BCUT2D eigenvalue weighted by atomic mass is 10.0. The zero-order chi connectivity index (χ0) is 24.9. The summed E-state index contributed by atoms with van der Waals surface area (Å²) in [6.07, 6.45) is 0. The number of nitrogens with zero attached hydrogens (tertiary/aromatic N) is 2. The van der Waals surface area contributed by atoms with Crippen LogP contribution in [0.2, 0.25) is 0 Å². The van der Waals surface area contributed by atoms with Gasteiger partial charge in [-0.2, -0.15) is 4.31 Å². The molecule has 0 bridgehead atoms. The summed E-state index contributed by atoms with van der Waals surface area (Å²) in [7, 11) is -3.96. The zero-order valence-electron chi connectivity index (χ0n) is 20.2. The van der Waals surface area contributed by atoms with E-state index >= 15 is 0 Å². The minimum Gasteiger partial charge on any atom is -0.494 e. The molecule has 0 saturated carbocycles. The highest BCUT2D eigenvalue weighted by Gasteiger charge is 2.40. The summed E-state index contributed by atoms with van der Waals surface area (Å²) >= 11 is 0. The molecule has 0 aromatic heterocycles. The van der Waals surface area contributed by atoms with E-state index in [0.29, 0.717) is 18.3 Å². The Bertz CT molecular complexity index is 1100. The average molecular weight is 488 g/mol. The number of carbonyl (C=O) groups excluding carboxylic acids is 2. The van der Waals surface area contributed by atoms with Crippen molar-refractivity contribution >= 4 is 21.8 Å². The molecule has 8 nitrogen and oxygen atoms in total. The van der Waals surface area contributed by atoms with Crippen LogP contribution in [0.1, 0.15) is 44.7 Å². The summed E-state index contributed by atoms with van der Waals surface area (Å²) in [5.41, 5.74) is 2.12. The molecule has 34 heavy (non-hydrogen) atoms. The summed E-state index contributed by atoms with van der Waals surface area (Å²) in [6.45, 7) is 8.50. The maximum absolute atomic E-state index is 13.4. The monoisotopic (exact) mass is 487 g/mol. The van der Waals surface area contributed by atoms with E-state index in [1.807, 2.05) is 31.2 Å². The Morgan fingerprint density at radius 3 is 2.26 bits per heavy atom. The lowest BCUT2D eigenvalue weighted by Gasteiger charge is -2.39. The summed E-state index contributed by atoms with van der Waals surface area (Å²) in [6, 6.07) is 13.1. The lowest BCUT2D eigenvalue weighted by Crippen LogP contribution is -2.61. The predicted octanol–water partition coefficient (Wildman–Crippen LogP) is 2.75. The Kier molecular flexibility index (Phi) is 8.33. The molecular weight excluding hydrogens is 454 g/mol. The molecule has 2 aromatic rings. The second kappa shape index (κ2) is 11.0.